The Morgan fingerprint density at radius 3 is 1.87 bits per heavy atom. The number of rotatable bonds is 7. The van der Waals surface area contributed by atoms with Crippen molar-refractivity contribution < 1.29 is 0 Å². The van der Waals surface area contributed by atoms with Crippen LogP contribution in [0.25, 0.3) is 50.7 Å². The molecule has 1 heterocycles. The molecule has 4 aliphatic carbocycles. The van der Waals surface area contributed by atoms with Crippen LogP contribution in [0.1, 0.15) is 36.3 Å². The van der Waals surface area contributed by atoms with Crippen molar-refractivity contribution in [2.45, 2.75) is 31.2 Å². The lowest BCUT2D eigenvalue weighted by Crippen LogP contribution is -2.39. The molecule has 2 heteroatoms. The van der Waals surface area contributed by atoms with Gasteiger partial charge in [0, 0.05) is 45.5 Å². The van der Waals surface area contributed by atoms with Crippen molar-refractivity contribution in [3.05, 3.63) is 251 Å². The molecule has 0 fully saturated rings. The van der Waals surface area contributed by atoms with Crippen molar-refractivity contribution in [3.8, 4) is 33.4 Å². The summed E-state index contributed by atoms with van der Waals surface area (Å²) in [6, 6.07) is 65.4. The Morgan fingerprint density at radius 1 is 0.484 bits per heavy atom. The zero-order valence-corrected chi connectivity index (χ0v) is 34.6. The van der Waals surface area contributed by atoms with Crippen molar-refractivity contribution >= 4 is 34.4 Å². The van der Waals surface area contributed by atoms with Crippen LogP contribution in [0.15, 0.2) is 230 Å². The van der Waals surface area contributed by atoms with Gasteiger partial charge in [0.25, 0.3) is 0 Å². The van der Waals surface area contributed by atoms with Gasteiger partial charge in [-0.2, -0.15) is 0 Å². The molecule has 3 atom stereocenters. The van der Waals surface area contributed by atoms with Gasteiger partial charge in [-0.15, -0.1) is 0 Å². The van der Waals surface area contributed by atoms with E-state index < -0.39 is 0 Å². The number of anilines is 3. The molecule has 0 saturated carbocycles. The maximum atomic E-state index is 2.62. The third-order valence-electron chi connectivity index (χ3n) is 13.7. The molecule has 0 amide bonds. The van der Waals surface area contributed by atoms with Crippen molar-refractivity contribution in [3.63, 3.8) is 0 Å². The zero-order chi connectivity index (χ0) is 41.0. The van der Waals surface area contributed by atoms with E-state index in [1.54, 1.807) is 0 Å². The van der Waals surface area contributed by atoms with E-state index in [1.165, 1.54) is 83.2 Å². The maximum Gasteiger partial charge on any atom is 0.0632 e. The first-order chi connectivity index (χ1) is 30.8. The summed E-state index contributed by atoms with van der Waals surface area (Å²) in [7, 11) is 0. The fraction of sp³-hybridized carbons (Fsp3) is 0.100. The fourth-order valence-corrected chi connectivity index (χ4v) is 10.8. The molecule has 3 unspecified atom stereocenters. The van der Waals surface area contributed by atoms with Gasteiger partial charge < -0.3 is 9.80 Å². The minimum absolute atomic E-state index is 0.284. The van der Waals surface area contributed by atoms with Gasteiger partial charge in [0.15, 0.2) is 0 Å². The molecule has 0 N–H and O–H groups in total. The molecule has 0 aromatic heterocycles. The van der Waals surface area contributed by atoms with Crippen molar-refractivity contribution in [2.24, 2.45) is 5.92 Å². The first-order valence-electron chi connectivity index (χ1n) is 22.2. The quantitative estimate of drug-likeness (QED) is 0.159. The molecular weight excluding hydrogens is 749 g/mol. The number of fused-ring (bicyclic) bond motifs is 6. The maximum absolute atomic E-state index is 2.62. The summed E-state index contributed by atoms with van der Waals surface area (Å²) >= 11 is 0. The van der Waals surface area contributed by atoms with Gasteiger partial charge in [-0.05, 0) is 117 Å². The average Bonchev–Trinajstić information content (AvgIpc) is 3.70. The molecule has 0 spiro atoms. The average molecular weight is 795 g/mol. The van der Waals surface area contributed by atoms with Crippen LogP contribution in [0.3, 0.4) is 0 Å². The highest BCUT2D eigenvalue weighted by molar-refractivity contribution is 5.88. The van der Waals surface area contributed by atoms with Gasteiger partial charge in [0.2, 0.25) is 0 Å². The Morgan fingerprint density at radius 2 is 1.11 bits per heavy atom. The third kappa shape index (κ3) is 6.17. The summed E-state index contributed by atoms with van der Waals surface area (Å²) in [4.78, 5) is 5.12. The third-order valence-corrected chi connectivity index (χ3v) is 13.7. The smallest absolute Gasteiger partial charge is 0.0632 e. The summed E-state index contributed by atoms with van der Waals surface area (Å²) in [6.45, 7) is 0. The van der Waals surface area contributed by atoms with Crippen molar-refractivity contribution in [1.82, 2.24) is 0 Å². The molecule has 0 radical (unpaired) electrons. The normalized spacial score (nSPS) is 19.2. The molecule has 62 heavy (non-hydrogen) atoms. The van der Waals surface area contributed by atoms with E-state index >= 15 is 0 Å². The van der Waals surface area contributed by atoms with Gasteiger partial charge in [-0.3, -0.25) is 0 Å². The van der Waals surface area contributed by atoms with Gasteiger partial charge in [-0.25, -0.2) is 0 Å². The van der Waals surface area contributed by atoms with Crippen LogP contribution < -0.4 is 20.2 Å². The number of nitrogens with zero attached hydrogens (tertiary/aromatic N) is 2. The lowest BCUT2D eigenvalue weighted by atomic mass is 9.79. The van der Waals surface area contributed by atoms with Crippen molar-refractivity contribution in [2.75, 3.05) is 9.80 Å². The minimum Gasteiger partial charge on any atom is -0.337 e. The van der Waals surface area contributed by atoms with Gasteiger partial charge in [0.05, 0.1) is 6.04 Å². The molecule has 1 aliphatic heterocycles. The molecule has 12 rings (SSSR count). The predicted molar refractivity (Wildman–Crippen MR) is 260 cm³/mol. The Hall–Kier alpha value is -7.42. The van der Waals surface area contributed by atoms with Crippen LogP contribution in [-0.2, 0) is 0 Å². The first-order valence-corrected chi connectivity index (χ1v) is 22.2. The summed E-state index contributed by atoms with van der Waals surface area (Å²) in [5.41, 5.74) is 19.4. The molecule has 0 saturated heterocycles. The number of benzene rings is 7. The lowest BCUT2D eigenvalue weighted by Gasteiger charge is -2.33. The van der Waals surface area contributed by atoms with E-state index in [0.29, 0.717) is 11.8 Å². The molecule has 5 aliphatic rings. The van der Waals surface area contributed by atoms with Crippen LogP contribution in [0.2, 0.25) is 0 Å². The van der Waals surface area contributed by atoms with Crippen LogP contribution in [-0.4, -0.2) is 6.04 Å². The Bertz CT molecular complexity index is 3140. The molecular formula is C60H46N2. The standard InChI is InChI=1S/C60H46N2/c1-2-14-41(15-3-1)42-26-33-47(34-27-42)61(59-40-46-17-5-6-20-52(46)54-22-10-11-23-55(54)59)48-35-28-44(29-36-48)50-18-8-9-19-51(50)45-30-37-49(38-31-45)62-57-25-13-12-24-56(57)60-53-21-7-4-16-43(53)32-39-58(60)62/h1-12,14-24,26-39,46,58,60H,13,25,40H2. The highest BCUT2D eigenvalue weighted by Gasteiger charge is 2.42. The first kappa shape index (κ1) is 36.4. The van der Waals surface area contributed by atoms with Gasteiger partial charge >= 0.3 is 0 Å². The van der Waals surface area contributed by atoms with E-state index in [1.807, 2.05) is 0 Å². The van der Waals surface area contributed by atoms with Gasteiger partial charge in [0.1, 0.15) is 0 Å². The topological polar surface area (TPSA) is 6.48 Å². The monoisotopic (exact) mass is 794 g/mol. The second-order valence-corrected chi connectivity index (χ2v) is 17.1. The molecule has 7 aromatic carbocycles. The summed E-state index contributed by atoms with van der Waals surface area (Å²) in [5.74, 6) is 0.688. The fourth-order valence-electron chi connectivity index (χ4n) is 10.8. The molecule has 0 bridgehead atoms. The largest absolute Gasteiger partial charge is 0.337 e. The number of hydrogen-bond acceptors (Lipinski definition) is 2. The van der Waals surface area contributed by atoms with Crippen LogP contribution in [0, 0.1) is 5.92 Å². The van der Waals surface area contributed by atoms with E-state index in [9.17, 15) is 0 Å². The Kier molecular flexibility index (Phi) is 8.96. The minimum atomic E-state index is 0.284. The number of hydrogen-bond donors (Lipinski definition) is 0. The Labute approximate surface area is 364 Å². The highest BCUT2D eigenvalue weighted by Crippen LogP contribution is 2.50. The molecule has 2 nitrogen and oxygen atoms in total. The summed E-state index contributed by atoms with van der Waals surface area (Å²) in [5, 5.41) is 2.62. The second-order valence-electron chi connectivity index (χ2n) is 17.1. The summed E-state index contributed by atoms with van der Waals surface area (Å²) < 4.78 is 0. The van der Waals surface area contributed by atoms with E-state index in [0.717, 1.165) is 30.6 Å². The van der Waals surface area contributed by atoms with Gasteiger partial charge in [-0.1, -0.05) is 188 Å². The molecule has 7 aromatic rings. The zero-order valence-electron chi connectivity index (χ0n) is 34.6. The van der Waals surface area contributed by atoms with Crippen LogP contribution in [0.4, 0.5) is 17.1 Å². The van der Waals surface area contributed by atoms with Crippen molar-refractivity contribution in [1.29, 1.82) is 0 Å². The second kappa shape index (κ2) is 15.2. The summed E-state index contributed by atoms with van der Waals surface area (Å²) in [6.07, 6.45) is 21.7. The Balaban J connectivity index is 0.903. The number of allylic oxidation sites excluding steroid dienone is 7. The SMILES string of the molecule is C1=CC2=c3ccccc3=C(N(c3ccc(-c4ccccc4)cc3)c3ccc(-c4ccccc4-c4ccc(N5C6=C(C=CCC6)C6c7ccccc7C=CC65)cc4)cc3)CC2C=C1. The predicted octanol–water partition coefficient (Wildman–Crippen LogP) is 13.5. The van der Waals surface area contributed by atoms with Crippen LogP contribution >= 0.6 is 0 Å². The highest BCUT2D eigenvalue weighted by atomic mass is 15.2. The van der Waals surface area contributed by atoms with E-state index in [2.05, 4.69) is 234 Å². The lowest BCUT2D eigenvalue weighted by molar-refractivity contribution is 0.707. The van der Waals surface area contributed by atoms with E-state index in [-0.39, 0.29) is 6.04 Å². The van der Waals surface area contributed by atoms with E-state index in [4.69, 9.17) is 0 Å². The van der Waals surface area contributed by atoms with Crippen LogP contribution in [0.5, 0.6) is 0 Å². The molecule has 296 valence electrons.